The van der Waals surface area contributed by atoms with Crippen LogP contribution in [0, 0.1) is 5.92 Å². The number of hydrogen-bond acceptors (Lipinski definition) is 2. The van der Waals surface area contributed by atoms with Gasteiger partial charge in [0, 0.05) is 6.04 Å². The molecule has 0 amide bonds. The van der Waals surface area contributed by atoms with Gasteiger partial charge in [0.25, 0.3) is 0 Å². The molecule has 0 aromatic rings. The summed E-state index contributed by atoms with van der Waals surface area (Å²) < 4.78 is 0. The quantitative estimate of drug-likeness (QED) is 0.647. The molecule has 0 atom stereocenters. The highest BCUT2D eigenvalue weighted by molar-refractivity contribution is 7.80. The fourth-order valence-electron chi connectivity index (χ4n) is 1.80. The van der Waals surface area contributed by atoms with E-state index >= 15 is 0 Å². The van der Waals surface area contributed by atoms with E-state index in [1.807, 2.05) is 0 Å². The van der Waals surface area contributed by atoms with E-state index in [1.165, 1.54) is 32.4 Å². The Bertz CT molecular complexity index is 200. The Morgan fingerprint density at radius 2 is 2.07 bits per heavy atom. The zero-order valence-electron chi connectivity index (χ0n) is 10.0. The van der Waals surface area contributed by atoms with Crippen molar-refractivity contribution in [3.8, 4) is 0 Å². The first-order valence-corrected chi connectivity index (χ1v) is 6.52. The lowest BCUT2D eigenvalue weighted by molar-refractivity contribution is 0.246. The summed E-state index contributed by atoms with van der Waals surface area (Å²) in [6.45, 7) is 7.01. The van der Waals surface area contributed by atoms with Gasteiger partial charge in [0.2, 0.25) is 0 Å². The summed E-state index contributed by atoms with van der Waals surface area (Å²) in [6.07, 6.45) is 6.13. The minimum Gasteiger partial charge on any atom is -0.393 e. The van der Waals surface area contributed by atoms with Crippen molar-refractivity contribution in [2.75, 3.05) is 13.1 Å². The summed E-state index contributed by atoms with van der Waals surface area (Å²) >= 11 is 4.89. The number of thiocarbonyl (C=S) groups is 1. The smallest absolute Gasteiger partial charge is 0.0727 e. The van der Waals surface area contributed by atoms with Gasteiger partial charge in [0.05, 0.1) is 4.99 Å². The van der Waals surface area contributed by atoms with Gasteiger partial charge in [-0.2, -0.15) is 0 Å². The third-order valence-corrected chi connectivity index (χ3v) is 3.13. The third kappa shape index (κ3) is 6.10. The van der Waals surface area contributed by atoms with E-state index in [4.69, 9.17) is 18.0 Å². The minimum absolute atomic E-state index is 0.662. The normalized spacial score (nSPS) is 16.3. The highest BCUT2D eigenvalue weighted by Gasteiger charge is 2.28. The largest absolute Gasteiger partial charge is 0.393 e. The van der Waals surface area contributed by atoms with E-state index < -0.39 is 0 Å². The Morgan fingerprint density at radius 1 is 1.40 bits per heavy atom. The lowest BCUT2D eigenvalue weighted by Gasteiger charge is -2.22. The summed E-state index contributed by atoms with van der Waals surface area (Å²) in [6, 6.07) is 0.870. The molecule has 15 heavy (non-hydrogen) atoms. The van der Waals surface area contributed by atoms with E-state index in [-0.39, 0.29) is 0 Å². The summed E-state index contributed by atoms with van der Waals surface area (Å²) in [7, 11) is 0. The summed E-state index contributed by atoms with van der Waals surface area (Å²) in [4.78, 5) is 3.28. The van der Waals surface area contributed by atoms with Crippen LogP contribution in [0.4, 0.5) is 0 Å². The van der Waals surface area contributed by atoms with Crippen LogP contribution in [0.5, 0.6) is 0 Å². The number of hydrogen-bond donors (Lipinski definition) is 1. The SMILES string of the molecule is CC(C)CCN(CCCC(N)=S)C1CC1. The van der Waals surface area contributed by atoms with E-state index in [2.05, 4.69) is 18.7 Å². The molecule has 0 aliphatic heterocycles. The van der Waals surface area contributed by atoms with Crippen LogP contribution in [0.3, 0.4) is 0 Å². The van der Waals surface area contributed by atoms with Crippen LogP contribution >= 0.6 is 12.2 Å². The van der Waals surface area contributed by atoms with Gasteiger partial charge in [-0.25, -0.2) is 0 Å². The van der Waals surface area contributed by atoms with Crippen molar-refractivity contribution in [1.29, 1.82) is 0 Å². The number of nitrogens with two attached hydrogens (primary N) is 1. The topological polar surface area (TPSA) is 29.3 Å². The van der Waals surface area contributed by atoms with Gasteiger partial charge < -0.3 is 10.6 Å². The van der Waals surface area contributed by atoms with Gasteiger partial charge in [-0.15, -0.1) is 0 Å². The molecule has 0 bridgehead atoms. The minimum atomic E-state index is 0.662. The molecule has 1 fully saturated rings. The van der Waals surface area contributed by atoms with Gasteiger partial charge in [0.15, 0.2) is 0 Å². The third-order valence-electron chi connectivity index (χ3n) is 2.93. The van der Waals surface area contributed by atoms with Crippen LogP contribution in [-0.2, 0) is 0 Å². The standard InChI is InChI=1S/C12H24N2S/c1-10(2)7-9-14(11-5-6-11)8-3-4-12(13)15/h10-11H,3-9H2,1-2H3,(H2,13,15). The molecule has 0 spiro atoms. The molecule has 3 heteroatoms. The van der Waals surface area contributed by atoms with Crippen molar-refractivity contribution >= 4 is 17.2 Å². The first kappa shape index (κ1) is 12.9. The van der Waals surface area contributed by atoms with Gasteiger partial charge in [-0.1, -0.05) is 26.1 Å². The molecule has 0 radical (unpaired) electrons. The fourth-order valence-corrected chi connectivity index (χ4v) is 1.94. The maximum absolute atomic E-state index is 5.51. The van der Waals surface area contributed by atoms with Gasteiger partial charge in [0.1, 0.15) is 0 Å². The van der Waals surface area contributed by atoms with Crippen molar-refractivity contribution in [3.05, 3.63) is 0 Å². The Balaban J connectivity index is 2.15. The van der Waals surface area contributed by atoms with Crippen molar-refractivity contribution in [3.63, 3.8) is 0 Å². The van der Waals surface area contributed by atoms with Crippen LogP contribution in [-0.4, -0.2) is 29.0 Å². The van der Waals surface area contributed by atoms with E-state index in [9.17, 15) is 0 Å². The molecule has 1 saturated carbocycles. The Morgan fingerprint density at radius 3 is 2.53 bits per heavy atom. The van der Waals surface area contributed by atoms with Crippen LogP contribution in [0.2, 0.25) is 0 Å². The lowest BCUT2D eigenvalue weighted by atomic mass is 10.1. The molecular formula is C12H24N2S. The predicted molar refractivity (Wildman–Crippen MR) is 70.1 cm³/mol. The Kier molecular flexibility index (Phi) is 5.54. The van der Waals surface area contributed by atoms with Crippen LogP contribution < -0.4 is 5.73 Å². The molecule has 0 unspecified atom stereocenters. The molecule has 0 aromatic heterocycles. The maximum Gasteiger partial charge on any atom is 0.0727 e. The highest BCUT2D eigenvalue weighted by Crippen LogP contribution is 2.27. The van der Waals surface area contributed by atoms with E-state index in [1.54, 1.807) is 0 Å². The molecule has 1 rings (SSSR count). The Labute approximate surface area is 99.2 Å². The molecule has 2 N–H and O–H groups in total. The van der Waals surface area contributed by atoms with Crippen LogP contribution in [0.1, 0.15) is 46.0 Å². The summed E-state index contributed by atoms with van der Waals surface area (Å²) in [5.41, 5.74) is 5.51. The Hall–Kier alpha value is -0.150. The van der Waals surface area contributed by atoms with E-state index in [0.29, 0.717) is 4.99 Å². The zero-order valence-corrected chi connectivity index (χ0v) is 10.9. The molecule has 0 aromatic carbocycles. The molecular weight excluding hydrogens is 204 g/mol. The summed E-state index contributed by atoms with van der Waals surface area (Å²) in [5.74, 6) is 0.807. The van der Waals surface area contributed by atoms with Crippen molar-refractivity contribution in [2.45, 2.75) is 52.0 Å². The fraction of sp³-hybridized carbons (Fsp3) is 0.917. The highest BCUT2D eigenvalue weighted by atomic mass is 32.1. The molecule has 1 aliphatic carbocycles. The van der Waals surface area contributed by atoms with Crippen molar-refractivity contribution in [1.82, 2.24) is 4.90 Å². The van der Waals surface area contributed by atoms with Crippen molar-refractivity contribution in [2.24, 2.45) is 11.7 Å². The van der Waals surface area contributed by atoms with Crippen LogP contribution in [0.25, 0.3) is 0 Å². The average molecular weight is 228 g/mol. The maximum atomic E-state index is 5.51. The van der Waals surface area contributed by atoms with E-state index in [0.717, 1.165) is 24.8 Å². The number of nitrogens with zero attached hydrogens (tertiary/aromatic N) is 1. The molecule has 0 saturated heterocycles. The summed E-state index contributed by atoms with van der Waals surface area (Å²) in [5, 5.41) is 0. The zero-order chi connectivity index (χ0) is 11.3. The molecule has 88 valence electrons. The lowest BCUT2D eigenvalue weighted by Crippen LogP contribution is -2.29. The first-order valence-electron chi connectivity index (χ1n) is 6.12. The second-order valence-corrected chi connectivity index (χ2v) is 5.54. The average Bonchev–Trinajstić information content (AvgIpc) is 2.93. The molecule has 0 heterocycles. The predicted octanol–water partition coefficient (Wildman–Crippen LogP) is 2.56. The second kappa shape index (κ2) is 6.44. The second-order valence-electron chi connectivity index (χ2n) is 5.02. The van der Waals surface area contributed by atoms with Gasteiger partial charge in [-0.3, -0.25) is 0 Å². The monoisotopic (exact) mass is 228 g/mol. The van der Waals surface area contributed by atoms with Crippen LogP contribution in [0.15, 0.2) is 0 Å². The molecule has 2 nitrogen and oxygen atoms in total. The van der Waals surface area contributed by atoms with Gasteiger partial charge in [-0.05, 0) is 51.1 Å². The molecule has 1 aliphatic rings. The van der Waals surface area contributed by atoms with Gasteiger partial charge >= 0.3 is 0 Å². The van der Waals surface area contributed by atoms with Crippen molar-refractivity contribution < 1.29 is 0 Å². The first-order chi connectivity index (χ1) is 7.09. The number of rotatable bonds is 8.